The van der Waals surface area contributed by atoms with Gasteiger partial charge in [0.05, 0.1) is 19.1 Å². The van der Waals surface area contributed by atoms with Crippen LogP contribution in [0, 0.1) is 5.92 Å². The number of amides is 1. The zero-order chi connectivity index (χ0) is 12.8. The molecule has 1 fully saturated rings. The molecule has 0 aliphatic carbocycles. The van der Waals surface area contributed by atoms with E-state index in [-0.39, 0.29) is 18.4 Å². The Morgan fingerprint density at radius 1 is 1.44 bits per heavy atom. The third-order valence-corrected chi connectivity index (χ3v) is 3.17. The summed E-state index contributed by atoms with van der Waals surface area (Å²) < 4.78 is 5.30. The van der Waals surface area contributed by atoms with Crippen molar-refractivity contribution in [3.05, 3.63) is 35.4 Å². The van der Waals surface area contributed by atoms with Crippen molar-refractivity contribution in [1.82, 2.24) is 5.32 Å². The second-order valence-electron chi connectivity index (χ2n) is 4.61. The zero-order valence-corrected chi connectivity index (χ0v) is 10.4. The molecule has 1 amide bonds. The van der Waals surface area contributed by atoms with Gasteiger partial charge < -0.3 is 15.2 Å². The molecule has 2 rings (SSSR count). The molecular weight excluding hydrogens is 230 g/mol. The van der Waals surface area contributed by atoms with Crippen LogP contribution >= 0.6 is 0 Å². The maximum absolute atomic E-state index is 11.9. The second-order valence-corrected chi connectivity index (χ2v) is 4.61. The SMILES string of the molecule is O=C(NCc1cccc(CO)c1)C1CCCOC1. The van der Waals surface area contributed by atoms with Gasteiger partial charge in [-0.1, -0.05) is 24.3 Å². The molecule has 1 saturated heterocycles. The van der Waals surface area contributed by atoms with Gasteiger partial charge in [-0.25, -0.2) is 0 Å². The number of nitrogens with one attached hydrogen (secondary N) is 1. The molecule has 1 atom stereocenters. The summed E-state index contributed by atoms with van der Waals surface area (Å²) in [5.41, 5.74) is 1.87. The van der Waals surface area contributed by atoms with Crippen molar-refractivity contribution < 1.29 is 14.6 Å². The summed E-state index contributed by atoms with van der Waals surface area (Å²) in [6.07, 6.45) is 1.86. The molecule has 1 heterocycles. The lowest BCUT2D eigenvalue weighted by molar-refractivity contribution is -0.129. The van der Waals surface area contributed by atoms with Crippen LogP contribution in [0.3, 0.4) is 0 Å². The van der Waals surface area contributed by atoms with Gasteiger partial charge in [0, 0.05) is 13.2 Å². The third-order valence-electron chi connectivity index (χ3n) is 3.17. The van der Waals surface area contributed by atoms with E-state index in [1.807, 2.05) is 24.3 Å². The highest BCUT2D eigenvalue weighted by molar-refractivity contribution is 5.78. The van der Waals surface area contributed by atoms with Crippen molar-refractivity contribution in [3.8, 4) is 0 Å². The number of aliphatic hydroxyl groups is 1. The van der Waals surface area contributed by atoms with Crippen molar-refractivity contribution in [3.63, 3.8) is 0 Å². The van der Waals surface area contributed by atoms with E-state index in [1.165, 1.54) is 0 Å². The smallest absolute Gasteiger partial charge is 0.225 e. The zero-order valence-electron chi connectivity index (χ0n) is 10.4. The average Bonchev–Trinajstić information content (AvgIpc) is 2.46. The summed E-state index contributed by atoms with van der Waals surface area (Å²) >= 11 is 0. The van der Waals surface area contributed by atoms with E-state index in [0.29, 0.717) is 13.2 Å². The van der Waals surface area contributed by atoms with E-state index in [4.69, 9.17) is 9.84 Å². The topological polar surface area (TPSA) is 58.6 Å². The van der Waals surface area contributed by atoms with Crippen molar-refractivity contribution in [1.29, 1.82) is 0 Å². The van der Waals surface area contributed by atoms with Gasteiger partial charge in [0.25, 0.3) is 0 Å². The molecule has 18 heavy (non-hydrogen) atoms. The molecule has 0 aromatic heterocycles. The highest BCUT2D eigenvalue weighted by Gasteiger charge is 2.21. The van der Waals surface area contributed by atoms with Gasteiger partial charge >= 0.3 is 0 Å². The Hall–Kier alpha value is -1.39. The Kier molecular flexibility index (Phi) is 4.73. The fourth-order valence-electron chi connectivity index (χ4n) is 2.12. The summed E-state index contributed by atoms with van der Waals surface area (Å²) in [5, 5.41) is 12.0. The Bertz CT molecular complexity index is 400. The Labute approximate surface area is 107 Å². The Morgan fingerprint density at radius 3 is 3.00 bits per heavy atom. The molecule has 1 aliphatic heterocycles. The van der Waals surface area contributed by atoms with Crippen LogP contribution in [0.5, 0.6) is 0 Å². The van der Waals surface area contributed by atoms with Crippen molar-refractivity contribution in [2.75, 3.05) is 13.2 Å². The van der Waals surface area contributed by atoms with Crippen LogP contribution in [0.4, 0.5) is 0 Å². The highest BCUT2D eigenvalue weighted by Crippen LogP contribution is 2.13. The first-order valence-electron chi connectivity index (χ1n) is 6.33. The molecule has 1 aliphatic rings. The molecule has 0 saturated carbocycles. The second kappa shape index (κ2) is 6.52. The summed E-state index contributed by atoms with van der Waals surface area (Å²) in [6, 6.07) is 7.59. The predicted octanol–water partition coefficient (Wildman–Crippen LogP) is 1.22. The number of rotatable bonds is 4. The van der Waals surface area contributed by atoms with Gasteiger partial charge in [0.2, 0.25) is 5.91 Å². The first-order valence-corrected chi connectivity index (χ1v) is 6.33. The summed E-state index contributed by atoms with van der Waals surface area (Å²) in [7, 11) is 0. The van der Waals surface area contributed by atoms with Crippen LogP contribution in [0.25, 0.3) is 0 Å². The predicted molar refractivity (Wildman–Crippen MR) is 67.8 cm³/mol. The van der Waals surface area contributed by atoms with Crippen molar-refractivity contribution in [2.45, 2.75) is 26.0 Å². The molecule has 1 aromatic rings. The molecule has 98 valence electrons. The standard InChI is InChI=1S/C14H19NO3/c16-9-12-4-1-3-11(7-12)8-15-14(17)13-5-2-6-18-10-13/h1,3-4,7,13,16H,2,5-6,8-10H2,(H,15,17). The van der Waals surface area contributed by atoms with Gasteiger partial charge in [-0.3, -0.25) is 4.79 Å². The van der Waals surface area contributed by atoms with Crippen LogP contribution in [0.15, 0.2) is 24.3 Å². The fraction of sp³-hybridized carbons (Fsp3) is 0.500. The van der Waals surface area contributed by atoms with E-state index < -0.39 is 0 Å². The quantitative estimate of drug-likeness (QED) is 0.843. The number of hydrogen-bond acceptors (Lipinski definition) is 3. The van der Waals surface area contributed by atoms with Gasteiger partial charge in [-0.2, -0.15) is 0 Å². The summed E-state index contributed by atoms with van der Waals surface area (Å²) in [6.45, 7) is 1.83. The highest BCUT2D eigenvalue weighted by atomic mass is 16.5. The van der Waals surface area contributed by atoms with E-state index in [0.717, 1.165) is 30.6 Å². The largest absolute Gasteiger partial charge is 0.392 e. The molecule has 4 heteroatoms. The number of benzene rings is 1. The molecule has 1 aromatic carbocycles. The normalized spacial score (nSPS) is 19.5. The van der Waals surface area contributed by atoms with Crippen molar-refractivity contribution >= 4 is 5.91 Å². The summed E-state index contributed by atoms with van der Waals surface area (Å²) in [5.74, 6) is 0.0453. The molecule has 0 spiro atoms. The van der Waals surface area contributed by atoms with Crippen molar-refractivity contribution in [2.24, 2.45) is 5.92 Å². The number of aliphatic hydroxyl groups excluding tert-OH is 1. The monoisotopic (exact) mass is 249 g/mol. The van der Waals surface area contributed by atoms with Gasteiger partial charge in [-0.15, -0.1) is 0 Å². The minimum absolute atomic E-state index is 0.0141. The maximum atomic E-state index is 11.9. The van der Waals surface area contributed by atoms with Crippen LogP contribution in [0.1, 0.15) is 24.0 Å². The molecule has 0 radical (unpaired) electrons. The Morgan fingerprint density at radius 2 is 2.28 bits per heavy atom. The van der Waals surface area contributed by atoms with Crippen LogP contribution in [0.2, 0.25) is 0 Å². The van der Waals surface area contributed by atoms with Gasteiger partial charge in [0.15, 0.2) is 0 Å². The summed E-state index contributed by atoms with van der Waals surface area (Å²) in [4.78, 5) is 11.9. The first-order chi connectivity index (χ1) is 8.79. The van der Waals surface area contributed by atoms with Gasteiger partial charge in [0.1, 0.15) is 0 Å². The minimum atomic E-state index is -0.0141. The van der Waals surface area contributed by atoms with Crippen LogP contribution < -0.4 is 5.32 Å². The van der Waals surface area contributed by atoms with Crippen LogP contribution in [-0.4, -0.2) is 24.2 Å². The fourth-order valence-corrected chi connectivity index (χ4v) is 2.12. The van der Waals surface area contributed by atoms with E-state index in [2.05, 4.69) is 5.32 Å². The Balaban J connectivity index is 1.84. The van der Waals surface area contributed by atoms with E-state index in [9.17, 15) is 4.79 Å². The molecule has 2 N–H and O–H groups in total. The third kappa shape index (κ3) is 3.55. The lowest BCUT2D eigenvalue weighted by atomic mass is 10.0. The first kappa shape index (κ1) is 13.1. The lowest BCUT2D eigenvalue weighted by Crippen LogP contribution is -2.35. The average molecular weight is 249 g/mol. The van der Waals surface area contributed by atoms with E-state index in [1.54, 1.807) is 0 Å². The molecular formula is C14H19NO3. The minimum Gasteiger partial charge on any atom is -0.392 e. The molecule has 0 bridgehead atoms. The number of ether oxygens (including phenoxy) is 1. The lowest BCUT2D eigenvalue weighted by Gasteiger charge is -2.21. The van der Waals surface area contributed by atoms with Gasteiger partial charge in [-0.05, 0) is 24.0 Å². The number of hydrogen-bond donors (Lipinski definition) is 2. The number of carbonyl (C=O) groups excluding carboxylic acids is 1. The maximum Gasteiger partial charge on any atom is 0.225 e. The molecule has 4 nitrogen and oxygen atoms in total. The van der Waals surface area contributed by atoms with Crippen LogP contribution in [-0.2, 0) is 22.7 Å². The molecule has 1 unspecified atom stereocenters. The number of carbonyl (C=O) groups is 1. The van der Waals surface area contributed by atoms with E-state index >= 15 is 0 Å².